The maximum absolute atomic E-state index is 14.0. The number of aliphatic hydroxyl groups is 2. The molecule has 0 saturated heterocycles. The molecule has 2 N–H and O–H groups in total. The second-order valence-corrected chi connectivity index (χ2v) is 12.8. The van der Waals surface area contributed by atoms with Crippen molar-refractivity contribution in [2.45, 2.75) is 98.7 Å². The molecule has 2 fully saturated rings. The Hall–Kier alpha value is -1.53. The zero-order valence-electron chi connectivity index (χ0n) is 21.9. The topological polar surface area (TPSA) is 101 Å². The number of Topliss-reactive ketones (excluding diaryl/α,β-unsaturated/α-hetero) is 2. The second kappa shape index (κ2) is 7.99. The minimum Gasteiger partial charge on any atom is -0.469 e. The Morgan fingerprint density at radius 1 is 1.12 bits per heavy atom. The Balaban J connectivity index is 1.81. The van der Waals surface area contributed by atoms with Crippen LogP contribution >= 0.6 is 0 Å². The van der Waals surface area contributed by atoms with Gasteiger partial charge in [0.15, 0.2) is 5.78 Å². The van der Waals surface area contributed by atoms with Crippen molar-refractivity contribution in [1.29, 1.82) is 0 Å². The van der Waals surface area contributed by atoms with E-state index in [9.17, 15) is 24.6 Å². The fourth-order valence-electron chi connectivity index (χ4n) is 8.84. The molecule has 0 spiro atoms. The molecule has 0 radical (unpaired) electrons. The molecular formula is C28H42O6. The van der Waals surface area contributed by atoms with Gasteiger partial charge in [0.05, 0.1) is 19.3 Å². The minimum absolute atomic E-state index is 0.0391. The van der Waals surface area contributed by atoms with Crippen molar-refractivity contribution in [3.05, 3.63) is 11.1 Å². The fraction of sp³-hybridized carbons (Fsp3) is 0.821. The zero-order chi connectivity index (χ0) is 25.4. The lowest BCUT2D eigenvalue weighted by Gasteiger charge is -2.61. The van der Waals surface area contributed by atoms with Crippen molar-refractivity contribution >= 4 is 17.5 Å². The summed E-state index contributed by atoms with van der Waals surface area (Å²) < 4.78 is 4.82. The maximum atomic E-state index is 14.0. The monoisotopic (exact) mass is 474 g/mol. The summed E-state index contributed by atoms with van der Waals surface area (Å²) in [6, 6.07) is 0. The quantitative estimate of drug-likeness (QED) is 0.597. The molecule has 190 valence electrons. The number of ether oxygens (including phenoxy) is 1. The van der Waals surface area contributed by atoms with Crippen molar-refractivity contribution in [3.8, 4) is 0 Å². The maximum Gasteiger partial charge on any atom is 0.305 e. The van der Waals surface area contributed by atoms with E-state index in [4.69, 9.17) is 4.74 Å². The van der Waals surface area contributed by atoms with Gasteiger partial charge in [0.25, 0.3) is 0 Å². The van der Waals surface area contributed by atoms with E-state index in [0.717, 1.165) is 5.57 Å². The summed E-state index contributed by atoms with van der Waals surface area (Å²) in [6.07, 6.45) is 1.73. The van der Waals surface area contributed by atoms with Crippen LogP contribution in [0.15, 0.2) is 11.1 Å². The third-order valence-corrected chi connectivity index (χ3v) is 11.1. The SMILES string of the molecule is COC(=O)CC[C@@H](C)[C@H]1C[C@H](O)[C@@]2(C)C3=C(C(=O)C[C@]12C)[C@@]1(C)CCC(=O)C(C)(C)[C@@H]1C[C@@H]3O. The number of esters is 1. The minimum atomic E-state index is -0.856. The third-order valence-electron chi connectivity index (χ3n) is 11.1. The van der Waals surface area contributed by atoms with Crippen LogP contribution in [-0.2, 0) is 19.1 Å². The van der Waals surface area contributed by atoms with E-state index in [1.165, 1.54) is 7.11 Å². The van der Waals surface area contributed by atoms with Crippen LogP contribution in [0.3, 0.4) is 0 Å². The van der Waals surface area contributed by atoms with Crippen molar-refractivity contribution in [1.82, 2.24) is 0 Å². The van der Waals surface area contributed by atoms with Crippen LogP contribution < -0.4 is 0 Å². The molecule has 8 atom stereocenters. The highest BCUT2D eigenvalue weighted by Crippen LogP contribution is 2.71. The average molecular weight is 475 g/mol. The van der Waals surface area contributed by atoms with Crippen molar-refractivity contribution in [2.24, 2.45) is 39.4 Å². The lowest BCUT2D eigenvalue weighted by atomic mass is 9.42. The van der Waals surface area contributed by atoms with Gasteiger partial charge >= 0.3 is 5.97 Å². The fourth-order valence-corrected chi connectivity index (χ4v) is 8.84. The standard InChI is InChI=1S/C28H42O6/c1-15(8-9-22(33)34-7)16-12-21(32)28(6)24-17(29)13-19-25(2,3)20(31)10-11-26(19,4)23(24)18(30)14-27(16,28)5/h15-17,19,21,29,32H,8-14H2,1-7H3/t15-,16-,17+,19+,21+,26+,27-,28+/m1/s1. The van der Waals surface area contributed by atoms with Crippen LogP contribution in [0.5, 0.6) is 0 Å². The van der Waals surface area contributed by atoms with E-state index in [0.29, 0.717) is 50.5 Å². The molecule has 0 aromatic rings. The van der Waals surface area contributed by atoms with E-state index in [2.05, 4.69) is 20.8 Å². The van der Waals surface area contributed by atoms with Crippen molar-refractivity contribution in [2.75, 3.05) is 7.11 Å². The Morgan fingerprint density at radius 3 is 2.38 bits per heavy atom. The average Bonchev–Trinajstić information content (AvgIpc) is 2.97. The summed E-state index contributed by atoms with van der Waals surface area (Å²) in [5.41, 5.74) is -0.930. The molecule has 4 rings (SSSR count). The predicted octanol–water partition coefficient (Wildman–Crippen LogP) is 4.01. The molecule has 0 unspecified atom stereocenters. The number of aliphatic hydroxyl groups excluding tert-OH is 2. The zero-order valence-corrected chi connectivity index (χ0v) is 21.9. The molecule has 6 nitrogen and oxygen atoms in total. The number of carbonyl (C=O) groups is 3. The van der Waals surface area contributed by atoms with E-state index in [-0.39, 0.29) is 35.3 Å². The van der Waals surface area contributed by atoms with E-state index >= 15 is 0 Å². The Labute approximate surface area is 203 Å². The van der Waals surface area contributed by atoms with Crippen molar-refractivity contribution < 1.29 is 29.3 Å². The molecule has 0 aromatic heterocycles. The molecule has 0 heterocycles. The van der Waals surface area contributed by atoms with Crippen LogP contribution in [0, 0.1) is 39.4 Å². The number of fused-ring (bicyclic) bond motifs is 4. The molecule has 2 saturated carbocycles. The number of allylic oxidation sites excluding steroid dienone is 1. The molecule has 6 heteroatoms. The molecular weight excluding hydrogens is 432 g/mol. The van der Waals surface area contributed by atoms with Gasteiger partial charge in [0.1, 0.15) is 5.78 Å². The van der Waals surface area contributed by atoms with Crippen LogP contribution in [-0.4, -0.2) is 47.1 Å². The predicted molar refractivity (Wildman–Crippen MR) is 128 cm³/mol. The summed E-state index contributed by atoms with van der Waals surface area (Å²) >= 11 is 0. The smallest absolute Gasteiger partial charge is 0.305 e. The van der Waals surface area contributed by atoms with Gasteiger partial charge in [-0.15, -0.1) is 0 Å². The van der Waals surface area contributed by atoms with Crippen LogP contribution in [0.25, 0.3) is 0 Å². The second-order valence-electron chi connectivity index (χ2n) is 12.8. The number of hydrogen-bond donors (Lipinski definition) is 2. The molecule has 0 aliphatic heterocycles. The summed E-state index contributed by atoms with van der Waals surface area (Å²) in [5, 5.41) is 23.1. The highest BCUT2D eigenvalue weighted by Gasteiger charge is 2.69. The van der Waals surface area contributed by atoms with Gasteiger partial charge in [-0.25, -0.2) is 0 Å². The number of rotatable bonds is 4. The Morgan fingerprint density at radius 2 is 1.76 bits per heavy atom. The van der Waals surface area contributed by atoms with E-state index in [1.54, 1.807) is 0 Å². The number of carbonyl (C=O) groups excluding carboxylic acids is 3. The third kappa shape index (κ3) is 3.16. The van der Waals surface area contributed by atoms with Gasteiger partial charge in [0, 0.05) is 41.1 Å². The molecule has 0 bridgehead atoms. The lowest BCUT2D eigenvalue weighted by molar-refractivity contribution is -0.146. The molecule has 4 aliphatic carbocycles. The normalized spacial score (nSPS) is 44.3. The van der Waals surface area contributed by atoms with Gasteiger partial charge in [-0.05, 0) is 54.4 Å². The first-order chi connectivity index (χ1) is 15.7. The molecule has 4 aliphatic rings. The summed E-state index contributed by atoms with van der Waals surface area (Å²) in [6.45, 7) is 12.2. The first-order valence-electron chi connectivity index (χ1n) is 12.9. The first-order valence-corrected chi connectivity index (χ1v) is 12.9. The van der Waals surface area contributed by atoms with Gasteiger partial charge in [0.2, 0.25) is 0 Å². The van der Waals surface area contributed by atoms with Crippen molar-refractivity contribution in [3.63, 3.8) is 0 Å². The summed E-state index contributed by atoms with van der Waals surface area (Å²) in [7, 11) is 1.39. The van der Waals surface area contributed by atoms with Gasteiger partial charge < -0.3 is 14.9 Å². The Kier molecular flexibility index (Phi) is 6.01. The summed E-state index contributed by atoms with van der Waals surface area (Å²) in [5.74, 6) is 0.0547. The van der Waals surface area contributed by atoms with Crippen LogP contribution in [0.1, 0.15) is 86.5 Å². The molecule has 0 amide bonds. The van der Waals surface area contributed by atoms with E-state index < -0.39 is 33.9 Å². The molecule has 34 heavy (non-hydrogen) atoms. The van der Waals surface area contributed by atoms with Crippen LogP contribution in [0.4, 0.5) is 0 Å². The van der Waals surface area contributed by atoms with Gasteiger partial charge in [-0.3, -0.25) is 14.4 Å². The van der Waals surface area contributed by atoms with E-state index in [1.807, 2.05) is 20.8 Å². The first kappa shape index (κ1) is 25.6. The summed E-state index contributed by atoms with van der Waals surface area (Å²) in [4.78, 5) is 38.6. The van der Waals surface area contributed by atoms with Gasteiger partial charge in [-0.1, -0.05) is 41.5 Å². The van der Waals surface area contributed by atoms with Crippen LogP contribution in [0.2, 0.25) is 0 Å². The largest absolute Gasteiger partial charge is 0.469 e. The highest BCUT2D eigenvalue weighted by atomic mass is 16.5. The Bertz CT molecular complexity index is 949. The highest BCUT2D eigenvalue weighted by molar-refractivity contribution is 6.01. The molecule has 0 aromatic carbocycles. The van der Waals surface area contributed by atoms with Gasteiger partial charge in [-0.2, -0.15) is 0 Å². The lowest BCUT2D eigenvalue weighted by Crippen LogP contribution is -2.60. The number of methoxy groups -OCH3 is 1. The number of hydrogen-bond acceptors (Lipinski definition) is 6. The number of ketones is 2.